The molecule has 3 N–H and O–H groups in total. The molecule has 0 spiro atoms. The molecule has 0 saturated carbocycles. The Kier molecular flexibility index (Phi) is 6.77. The number of nitrogens with zero attached hydrogens (tertiary/aromatic N) is 1. The standard InChI is InChI=1S/C18H13Cl2F3N2O5/c1-9(14-3-2-10(16(26)27)4-15(14)25(28)29)8-17(30-24,18(21,22)23)11-5-12(19)7-13(20)6-11/h2-7H,1,8,24H2,(H,26,27). The van der Waals surface area contributed by atoms with Gasteiger partial charge >= 0.3 is 12.1 Å². The second-order valence-electron chi connectivity index (χ2n) is 6.18. The molecule has 0 bridgehead atoms. The fourth-order valence-electron chi connectivity index (χ4n) is 2.84. The Balaban J connectivity index is 2.63. The normalized spacial score (nSPS) is 13.5. The summed E-state index contributed by atoms with van der Waals surface area (Å²) in [7, 11) is 0. The zero-order chi connectivity index (χ0) is 22.9. The highest BCUT2D eigenvalue weighted by Gasteiger charge is 2.58. The van der Waals surface area contributed by atoms with E-state index in [1.807, 2.05) is 0 Å². The van der Waals surface area contributed by atoms with Gasteiger partial charge in [0.25, 0.3) is 5.69 Å². The third-order valence-corrected chi connectivity index (χ3v) is 4.71. The number of carboxylic acids is 1. The number of aromatic carboxylic acids is 1. The van der Waals surface area contributed by atoms with E-state index in [1.54, 1.807) is 0 Å². The van der Waals surface area contributed by atoms with Crippen molar-refractivity contribution >= 4 is 40.4 Å². The number of benzene rings is 2. The summed E-state index contributed by atoms with van der Waals surface area (Å²) in [6.07, 6.45) is -6.16. The smallest absolute Gasteiger partial charge is 0.424 e. The highest BCUT2D eigenvalue weighted by atomic mass is 35.5. The molecule has 2 aromatic carbocycles. The average Bonchev–Trinajstić information content (AvgIpc) is 2.63. The molecule has 12 heteroatoms. The largest absolute Gasteiger partial charge is 0.478 e. The number of carbonyl (C=O) groups is 1. The third-order valence-electron chi connectivity index (χ3n) is 4.27. The van der Waals surface area contributed by atoms with Crippen molar-refractivity contribution in [2.24, 2.45) is 5.90 Å². The first-order chi connectivity index (χ1) is 13.8. The van der Waals surface area contributed by atoms with Crippen LogP contribution in [0.3, 0.4) is 0 Å². The molecule has 0 aliphatic carbocycles. The lowest BCUT2D eigenvalue weighted by atomic mass is 9.84. The summed E-state index contributed by atoms with van der Waals surface area (Å²) in [5, 5.41) is 20.1. The lowest BCUT2D eigenvalue weighted by Crippen LogP contribution is -2.47. The van der Waals surface area contributed by atoms with Gasteiger partial charge in [0, 0.05) is 22.5 Å². The van der Waals surface area contributed by atoms with Crippen molar-refractivity contribution in [1.29, 1.82) is 0 Å². The number of rotatable bonds is 7. The summed E-state index contributed by atoms with van der Waals surface area (Å²) in [6.45, 7) is 3.51. The lowest BCUT2D eigenvalue weighted by molar-refractivity contribution is -0.385. The van der Waals surface area contributed by atoms with Crippen molar-refractivity contribution in [3.8, 4) is 0 Å². The number of hydrogen-bond acceptors (Lipinski definition) is 5. The topological polar surface area (TPSA) is 116 Å². The van der Waals surface area contributed by atoms with Crippen LogP contribution in [-0.4, -0.2) is 22.2 Å². The number of alkyl halides is 3. The van der Waals surface area contributed by atoms with Crippen molar-refractivity contribution < 1.29 is 32.8 Å². The Bertz CT molecular complexity index is 1010. The maximum absolute atomic E-state index is 14.1. The summed E-state index contributed by atoms with van der Waals surface area (Å²) in [6, 6.07) is 5.81. The molecule has 1 unspecified atom stereocenters. The highest BCUT2D eigenvalue weighted by Crippen LogP contribution is 2.48. The van der Waals surface area contributed by atoms with Crippen LogP contribution in [0.2, 0.25) is 10.0 Å². The molecule has 0 amide bonds. The lowest BCUT2D eigenvalue weighted by Gasteiger charge is -2.34. The summed E-state index contributed by atoms with van der Waals surface area (Å²) in [5.74, 6) is 3.61. The molecule has 160 valence electrons. The first-order valence-electron chi connectivity index (χ1n) is 7.93. The summed E-state index contributed by atoms with van der Waals surface area (Å²) >= 11 is 11.6. The number of nitrogens with two attached hydrogens (primary N) is 1. The van der Waals surface area contributed by atoms with Gasteiger partial charge in [-0.05, 0) is 41.5 Å². The van der Waals surface area contributed by atoms with E-state index in [9.17, 15) is 28.1 Å². The summed E-state index contributed by atoms with van der Waals surface area (Å²) in [4.78, 5) is 25.9. The van der Waals surface area contributed by atoms with Gasteiger partial charge in [-0.25, -0.2) is 10.7 Å². The van der Waals surface area contributed by atoms with E-state index in [-0.39, 0.29) is 21.2 Å². The predicted octanol–water partition coefficient (Wildman–Crippen LogP) is 5.35. The van der Waals surface area contributed by atoms with Gasteiger partial charge in [-0.15, -0.1) is 0 Å². The van der Waals surface area contributed by atoms with Crippen molar-refractivity contribution in [3.63, 3.8) is 0 Å². The molecule has 0 aromatic heterocycles. The molecule has 0 aliphatic heterocycles. The van der Waals surface area contributed by atoms with Crippen LogP contribution in [-0.2, 0) is 10.4 Å². The molecule has 7 nitrogen and oxygen atoms in total. The molecule has 0 radical (unpaired) electrons. The minimum absolute atomic E-state index is 0.120. The molecular formula is C18H13Cl2F3N2O5. The van der Waals surface area contributed by atoms with Crippen LogP contribution in [0.25, 0.3) is 5.57 Å². The van der Waals surface area contributed by atoms with Gasteiger partial charge < -0.3 is 5.11 Å². The number of hydrogen-bond donors (Lipinski definition) is 2. The fraction of sp³-hybridized carbons (Fsp3) is 0.167. The minimum atomic E-state index is -5.10. The van der Waals surface area contributed by atoms with E-state index < -0.39 is 45.9 Å². The molecule has 1 atom stereocenters. The van der Waals surface area contributed by atoms with Gasteiger partial charge in [0.1, 0.15) is 0 Å². The van der Waals surface area contributed by atoms with E-state index in [1.165, 1.54) is 6.07 Å². The van der Waals surface area contributed by atoms with Crippen molar-refractivity contribution in [2.75, 3.05) is 0 Å². The molecule has 0 aliphatic rings. The zero-order valence-corrected chi connectivity index (χ0v) is 16.4. The minimum Gasteiger partial charge on any atom is -0.478 e. The Morgan fingerprint density at radius 1 is 1.20 bits per heavy atom. The Morgan fingerprint density at radius 3 is 2.20 bits per heavy atom. The van der Waals surface area contributed by atoms with Crippen molar-refractivity contribution in [1.82, 2.24) is 0 Å². The van der Waals surface area contributed by atoms with Gasteiger partial charge in [0.05, 0.1) is 16.1 Å². The second-order valence-corrected chi connectivity index (χ2v) is 7.05. The van der Waals surface area contributed by atoms with Crippen LogP contribution in [0.5, 0.6) is 0 Å². The molecule has 30 heavy (non-hydrogen) atoms. The molecule has 0 fully saturated rings. The second kappa shape index (κ2) is 8.60. The van der Waals surface area contributed by atoms with Gasteiger partial charge in [-0.1, -0.05) is 29.8 Å². The van der Waals surface area contributed by atoms with Crippen molar-refractivity contribution in [2.45, 2.75) is 18.2 Å². The van der Waals surface area contributed by atoms with E-state index in [2.05, 4.69) is 11.4 Å². The van der Waals surface area contributed by atoms with E-state index in [4.69, 9.17) is 34.2 Å². The van der Waals surface area contributed by atoms with Crippen molar-refractivity contribution in [3.05, 3.63) is 79.8 Å². The molecule has 0 saturated heterocycles. The molecule has 0 heterocycles. The number of halogens is 5. The van der Waals surface area contributed by atoms with E-state index in [0.717, 1.165) is 30.3 Å². The van der Waals surface area contributed by atoms with Crippen LogP contribution in [0.1, 0.15) is 27.9 Å². The van der Waals surface area contributed by atoms with E-state index >= 15 is 0 Å². The molecular weight excluding hydrogens is 452 g/mol. The Morgan fingerprint density at radius 2 is 1.77 bits per heavy atom. The fourth-order valence-corrected chi connectivity index (χ4v) is 3.37. The van der Waals surface area contributed by atoms with Crippen LogP contribution < -0.4 is 5.90 Å². The van der Waals surface area contributed by atoms with Crippen LogP contribution >= 0.6 is 23.2 Å². The number of nitro benzene ring substituents is 1. The van der Waals surface area contributed by atoms with Crippen LogP contribution in [0.4, 0.5) is 18.9 Å². The van der Waals surface area contributed by atoms with Crippen LogP contribution in [0.15, 0.2) is 43.0 Å². The maximum atomic E-state index is 14.1. The Hall–Kier alpha value is -2.66. The first-order valence-corrected chi connectivity index (χ1v) is 8.69. The van der Waals surface area contributed by atoms with Crippen LogP contribution in [0, 0.1) is 10.1 Å². The highest BCUT2D eigenvalue weighted by molar-refractivity contribution is 6.34. The Labute approximate surface area is 177 Å². The monoisotopic (exact) mass is 464 g/mol. The quantitative estimate of drug-likeness (QED) is 0.421. The number of carboxylic acid groups (broad SMARTS) is 1. The SMILES string of the molecule is C=C(CC(ON)(c1cc(Cl)cc(Cl)c1)C(F)(F)F)c1ccc(C(=O)O)cc1[N+](=O)[O-]. The third kappa shape index (κ3) is 4.57. The zero-order valence-electron chi connectivity index (χ0n) is 14.9. The molecule has 2 aromatic rings. The number of nitro groups is 1. The van der Waals surface area contributed by atoms with Gasteiger partial charge in [0.15, 0.2) is 0 Å². The summed E-state index contributed by atoms with van der Waals surface area (Å²) in [5.41, 5.74) is -5.57. The summed E-state index contributed by atoms with van der Waals surface area (Å²) < 4.78 is 42.3. The maximum Gasteiger partial charge on any atom is 0.424 e. The first kappa shape index (κ1) is 23.6. The predicted molar refractivity (Wildman–Crippen MR) is 103 cm³/mol. The van der Waals surface area contributed by atoms with Gasteiger partial charge in [0.2, 0.25) is 5.60 Å². The van der Waals surface area contributed by atoms with Gasteiger partial charge in [-0.3, -0.25) is 15.0 Å². The van der Waals surface area contributed by atoms with E-state index in [0.29, 0.717) is 0 Å². The van der Waals surface area contributed by atoms with Gasteiger partial charge in [-0.2, -0.15) is 13.2 Å². The molecule has 2 rings (SSSR count). The average molecular weight is 465 g/mol.